The van der Waals surface area contributed by atoms with E-state index in [1.165, 1.54) is 16.3 Å². The quantitative estimate of drug-likeness (QED) is 0.498. The standard InChI is InChI=1S/C21H25N5O5/c1-2-3-13-4-6-14(7-5-13)9-25-11-16(23-24-25)15-10-26(21(30)22-20(15)29)19-8-17(28)18(12-27)31-19/h4-7,10-11,17-19,27-28H,2-3,8-9,12H2,1H3,(H,22,29,30)/t17?,18-,19-/m0/s1. The van der Waals surface area contributed by atoms with E-state index in [1.54, 1.807) is 10.9 Å². The molecule has 1 unspecified atom stereocenters. The number of aryl methyl sites for hydroxylation is 1. The van der Waals surface area contributed by atoms with Gasteiger partial charge in [-0.3, -0.25) is 14.3 Å². The summed E-state index contributed by atoms with van der Waals surface area (Å²) in [7, 11) is 0. The van der Waals surface area contributed by atoms with Gasteiger partial charge in [-0.25, -0.2) is 9.48 Å². The SMILES string of the molecule is CCCc1ccc(Cn2cc(-c3cn([C@@H]4CC(O)[C@H](CO)O4)c(=O)[nH]c3=O)nn2)cc1. The third-order valence-corrected chi connectivity index (χ3v) is 5.38. The van der Waals surface area contributed by atoms with Gasteiger partial charge in [0.15, 0.2) is 0 Å². The normalized spacial score (nSPS) is 20.9. The van der Waals surface area contributed by atoms with Crippen LogP contribution >= 0.6 is 0 Å². The summed E-state index contributed by atoms with van der Waals surface area (Å²) >= 11 is 0. The van der Waals surface area contributed by atoms with Crippen LogP contribution in [0.3, 0.4) is 0 Å². The van der Waals surface area contributed by atoms with E-state index in [4.69, 9.17) is 4.74 Å². The van der Waals surface area contributed by atoms with E-state index in [0.717, 1.165) is 18.4 Å². The van der Waals surface area contributed by atoms with Crippen LogP contribution in [0.15, 0.2) is 46.2 Å². The lowest BCUT2D eigenvalue weighted by molar-refractivity contribution is -0.0458. The topological polar surface area (TPSA) is 135 Å². The van der Waals surface area contributed by atoms with Crippen LogP contribution in [0.1, 0.15) is 37.1 Å². The molecule has 1 fully saturated rings. The smallest absolute Gasteiger partial charge is 0.330 e. The van der Waals surface area contributed by atoms with Gasteiger partial charge < -0.3 is 14.9 Å². The van der Waals surface area contributed by atoms with Crippen LogP contribution in [0.2, 0.25) is 0 Å². The fraction of sp³-hybridized carbons (Fsp3) is 0.429. The fourth-order valence-electron chi connectivity index (χ4n) is 3.72. The minimum Gasteiger partial charge on any atom is -0.394 e. The van der Waals surface area contributed by atoms with Crippen LogP contribution in [-0.4, -0.2) is 53.6 Å². The Morgan fingerprint density at radius 1 is 1.19 bits per heavy atom. The maximum absolute atomic E-state index is 12.4. The molecule has 3 heterocycles. The van der Waals surface area contributed by atoms with Gasteiger partial charge in [-0.1, -0.05) is 42.8 Å². The molecule has 0 spiro atoms. The number of hydrogen-bond acceptors (Lipinski definition) is 7. The predicted molar refractivity (Wildman–Crippen MR) is 111 cm³/mol. The number of hydrogen-bond donors (Lipinski definition) is 3. The molecule has 10 heteroatoms. The van der Waals surface area contributed by atoms with Gasteiger partial charge in [0.05, 0.1) is 31.0 Å². The zero-order valence-corrected chi connectivity index (χ0v) is 17.1. The van der Waals surface area contributed by atoms with Crippen molar-refractivity contribution in [2.24, 2.45) is 0 Å². The number of ether oxygens (including phenoxy) is 1. The van der Waals surface area contributed by atoms with Gasteiger partial charge in [-0.2, -0.15) is 0 Å². The molecule has 1 saturated heterocycles. The molecule has 0 bridgehead atoms. The van der Waals surface area contributed by atoms with Crippen molar-refractivity contribution in [1.82, 2.24) is 24.5 Å². The minimum atomic E-state index is -0.901. The molecule has 10 nitrogen and oxygen atoms in total. The van der Waals surface area contributed by atoms with Crippen molar-refractivity contribution >= 4 is 0 Å². The number of benzene rings is 1. The van der Waals surface area contributed by atoms with Gasteiger partial charge in [0.1, 0.15) is 18.0 Å². The summed E-state index contributed by atoms with van der Waals surface area (Å²) in [6, 6.07) is 8.26. The van der Waals surface area contributed by atoms with Gasteiger partial charge in [-0.15, -0.1) is 5.10 Å². The summed E-state index contributed by atoms with van der Waals surface area (Å²) in [5.41, 5.74) is 1.56. The molecule has 2 aromatic heterocycles. The first-order valence-corrected chi connectivity index (χ1v) is 10.3. The molecule has 1 aromatic carbocycles. The molecule has 4 rings (SSSR count). The van der Waals surface area contributed by atoms with Crippen LogP contribution in [-0.2, 0) is 17.7 Å². The molecule has 3 N–H and O–H groups in total. The maximum Gasteiger partial charge on any atom is 0.330 e. The minimum absolute atomic E-state index is 0.122. The average molecular weight is 427 g/mol. The van der Waals surface area contributed by atoms with Crippen LogP contribution in [0, 0.1) is 0 Å². The highest BCUT2D eigenvalue weighted by atomic mass is 16.5. The van der Waals surface area contributed by atoms with E-state index in [9.17, 15) is 19.8 Å². The Bertz CT molecular complexity index is 1150. The van der Waals surface area contributed by atoms with Crippen molar-refractivity contribution in [3.05, 3.63) is 68.6 Å². The van der Waals surface area contributed by atoms with Crippen molar-refractivity contribution in [2.45, 2.75) is 51.2 Å². The summed E-state index contributed by atoms with van der Waals surface area (Å²) in [5.74, 6) is 0. The summed E-state index contributed by atoms with van der Waals surface area (Å²) in [6.07, 6.45) is 2.76. The number of aromatic nitrogens is 5. The molecule has 0 aliphatic carbocycles. The number of rotatable bonds is 7. The number of H-pyrrole nitrogens is 1. The van der Waals surface area contributed by atoms with Crippen molar-refractivity contribution in [3.63, 3.8) is 0 Å². The third kappa shape index (κ3) is 4.50. The van der Waals surface area contributed by atoms with E-state index in [0.29, 0.717) is 12.2 Å². The Kier molecular flexibility index (Phi) is 6.12. The van der Waals surface area contributed by atoms with Gasteiger partial charge in [-0.05, 0) is 17.5 Å². The van der Waals surface area contributed by atoms with Crippen molar-refractivity contribution < 1.29 is 14.9 Å². The Balaban J connectivity index is 1.57. The predicted octanol–water partition coefficient (Wildman–Crippen LogP) is 0.437. The highest BCUT2D eigenvalue weighted by Gasteiger charge is 2.35. The first-order valence-electron chi connectivity index (χ1n) is 10.3. The van der Waals surface area contributed by atoms with Gasteiger partial charge in [0.25, 0.3) is 5.56 Å². The Hall–Kier alpha value is -3.08. The van der Waals surface area contributed by atoms with Gasteiger partial charge >= 0.3 is 5.69 Å². The number of aliphatic hydroxyl groups excluding tert-OH is 2. The molecule has 0 radical (unpaired) electrons. The fourth-order valence-corrected chi connectivity index (χ4v) is 3.72. The zero-order chi connectivity index (χ0) is 22.0. The third-order valence-electron chi connectivity index (χ3n) is 5.38. The van der Waals surface area contributed by atoms with Crippen LogP contribution in [0.5, 0.6) is 0 Å². The number of nitrogens with zero attached hydrogens (tertiary/aromatic N) is 4. The molecule has 1 aliphatic rings. The van der Waals surface area contributed by atoms with Gasteiger partial charge in [0, 0.05) is 12.6 Å². The maximum atomic E-state index is 12.4. The molecular formula is C21H25N5O5. The van der Waals surface area contributed by atoms with Crippen LogP contribution < -0.4 is 11.2 Å². The van der Waals surface area contributed by atoms with Gasteiger partial charge in [0.2, 0.25) is 0 Å². The monoisotopic (exact) mass is 427 g/mol. The summed E-state index contributed by atoms with van der Waals surface area (Å²) in [4.78, 5) is 26.9. The molecule has 0 saturated carbocycles. The largest absolute Gasteiger partial charge is 0.394 e. The Morgan fingerprint density at radius 2 is 1.94 bits per heavy atom. The van der Waals surface area contributed by atoms with Crippen LogP contribution in [0.4, 0.5) is 0 Å². The highest BCUT2D eigenvalue weighted by molar-refractivity contribution is 5.54. The van der Waals surface area contributed by atoms with E-state index in [2.05, 4.69) is 34.4 Å². The number of aromatic amines is 1. The summed E-state index contributed by atoms with van der Waals surface area (Å²) in [6.45, 7) is 2.27. The van der Waals surface area contributed by atoms with Crippen molar-refractivity contribution in [3.8, 4) is 11.3 Å². The second kappa shape index (κ2) is 8.96. The molecular weight excluding hydrogens is 402 g/mol. The van der Waals surface area contributed by atoms with Crippen molar-refractivity contribution in [1.29, 1.82) is 0 Å². The van der Waals surface area contributed by atoms with E-state index in [1.807, 2.05) is 12.1 Å². The molecule has 164 valence electrons. The molecule has 3 atom stereocenters. The lowest BCUT2D eigenvalue weighted by Gasteiger charge is -2.14. The average Bonchev–Trinajstić information content (AvgIpc) is 3.36. The van der Waals surface area contributed by atoms with Crippen molar-refractivity contribution in [2.75, 3.05) is 6.61 Å². The zero-order valence-electron chi connectivity index (χ0n) is 17.1. The molecule has 31 heavy (non-hydrogen) atoms. The second-order valence-corrected chi connectivity index (χ2v) is 7.69. The number of nitrogens with one attached hydrogen (secondary N) is 1. The summed E-state index contributed by atoms with van der Waals surface area (Å²) < 4.78 is 8.35. The van der Waals surface area contributed by atoms with E-state index in [-0.39, 0.29) is 18.6 Å². The lowest BCUT2D eigenvalue weighted by atomic mass is 10.1. The van der Waals surface area contributed by atoms with E-state index >= 15 is 0 Å². The second-order valence-electron chi connectivity index (χ2n) is 7.69. The highest BCUT2D eigenvalue weighted by Crippen LogP contribution is 2.27. The number of aliphatic hydroxyl groups is 2. The first kappa shape index (κ1) is 21.2. The first-order chi connectivity index (χ1) is 15.0. The Labute approximate surface area is 177 Å². The lowest BCUT2D eigenvalue weighted by Crippen LogP contribution is -2.33. The molecule has 3 aromatic rings. The van der Waals surface area contributed by atoms with E-state index < -0.39 is 29.7 Å². The van der Waals surface area contributed by atoms with Crippen LogP contribution in [0.25, 0.3) is 11.3 Å². The molecule has 1 aliphatic heterocycles. The Morgan fingerprint density at radius 3 is 2.61 bits per heavy atom. The molecule has 0 amide bonds. The summed E-state index contributed by atoms with van der Waals surface area (Å²) in [5, 5.41) is 27.4.